The molecule has 0 aliphatic heterocycles. The van der Waals surface area contributed by atoms with Crippen LogP contribution in [0.2, 0.25) is 0 Å². The van der Waals surface area contributed by atoms with E-state index in [0.717, 1.165) is 12.3 Å². The molecule has 92 valence electrons. The lowest BCUT2D eigenvalue weighted by Gasteiger charge is -2.12. The van der Waals surface area contributed by atoms with E-state index >= 15 is 0 Å². The predicted molar refractivity (Wildman–Crippen MR) is 75.7 cm³/mol. The molecule has 0 fully saturated rings. The topological polar surface area (TPSA) is 21.3 Å². The average Bonchev–Trinajstić information content (AvgIpc) is 2.43. The van der Waals surface area contributed by atoms with Crippen molar-refractivity contribution in [2.45, 2.75) is 13.5 Å². The summed E-state index contributed by atoms with van der Waals surface area (Å²) in [4.78, 5) is 0. The SMILES string of the molecule is CC#CCNCc1c(OC)ccc2ccccc12. The molecular weight excluding hydrogens is 222 g/mol. The molecule has 18 heavy (non-hydrogen) atoms. The second-order valence-corrected chi connectivity index (χ2v) is 4.00. The summed E-state index contributed by atoms with van der Waals surface area (Å²) in [7, 11) is 1.71. The minimum atomic E-state index is 0.697. The van der Waals surface area contributed by atoms with E-state index in [1.54, 1.807) is 7.11 Å². The quantitative estimate of drug-likeness (QED) is 0.654. The zero-order valence-electron chi connectivity index (χ0n) is 10.8. The molecular formula is C16H17NO. The van der Waals surface area contributed by atoms with Gasteiger partial charge < -0.3 is 10.1 Å². The number of fused-ring (bicyclic) bond motifs is 1. The van der Waals surface area contributed by atoms with Crippen LogP contribution in [0.25, 0.3) is 10.8 Å². The number of hydrogen-bond donors (Lipinski definition) is 1. The zero-order chi connectivity index (χ0) is 12.8. The normalized spacial score (nSPS) is 9.89. The van der Waals surface area contributed by atoms with Gasteiger partial charge in [-0.1, -0.05) is 36.3 Å². The molecule has 0 aliphatic carbocycles. The van der Waals surface area contributed by atoms with E-state index in [1.807, 2.05) is 13.0 Å². The van der Waals surface area contributed by atoms with Gasteiger partial charge in [-0.25, -0.2) is 0 Å². The molecule has 2 rings (SSSR count). The fourth-order valence-corrected chi connectivity index (χ4v) is 2.03. The first-order chi connectivity index (χ1) is 8.86. The van der Waals surface area contributed by atoms with Gasteiger partial charge >= 0.3 is 0 Å². The lowest BCUT2D eigenvalue weighted by Crippen LogP contribution is -2.14. The van der Waals surface area contributed by atoms with Gasteiger partial charge in [0, 0.05) is 12.1 Å². The molecule has 0 heterocycles. The van der Waals surface area contributed by atoms with Crippen molar-refractivity contribution in [2.75, 3.05) is 13.7 Å². The van der Waals surface area contributed by atoms with Crippen LogP contribution in [0, 0.1) is 11.8 Å². The van der Waals surface area contributed by atoms with Crippen LogP contribution >= 0.6 is 0 Å². The van der Waals surface area contributed by atoms with E-state index in [4.69, 9.17) is 4.74 Å². The lowest BCUT2D eigenvalue weighted by molar-refractivity contribution is 0.409. The van der Waals surface area contributed by atoms with Crippen molar-refractivity contribution in [3.05, 3.63) is 42.0 Å². The molecule has 0 aliphatic rings. The maximum Gasteiger partial charge on any atom is 0.123 e. The minimum Gasteiger partial charge on any atom is -0.496 e. The Kier molecular flexibility index (Phi) is 4.22. The van der Waals surface area contributed by atoms with Crippen LogP contribution in [-0.2, 0) is 6.54 Å². The molecule has 0 atom stereocenters. The van der Waals surface area contributed by atoms with Crippen molar-refractivity contribution in [1.82, 2.24) is 5.32 Å². The van der Waals surface area contributed by atoms with Gasteiger partial charge in [-0.3, -0.25) is 0 Å². The third-order valence-electron chi connectivity index (χ3n) is 2.91. The summed E-state index contributed by atoms with van der Waals surface area (Å²) in [6, 6.07) is 12.4. The second kappa shape index (κ2) is 6.09. The van der Waals surface area contributed by atoms with Gasteiger partial charge in [0.15, 0.2) is 0 Å². The Morgan fingerprint density at radius 3 is 2.78 bits per heavy atom. The molecule has 2 nitrogen and oxygen atoms in total. The first-order valence-corrected chi connectivity index (χ1v) is 6.01. The lowest BCUT2D eigenvalue weighted by atomic mass is 10.0. The highest BCUT2D eigenvalue weighted by Crippen LogP contribution is 2.27. The molecule has 0 unspecified atom stereocenters. The molecule has 0 saturated carbocycles. The number of nitrogens with one attached hydrogen (secondary N) is 1. The molecule has 0 spiro atoms. The zero-order valence-corrected chi connectivity index (χ0v) is 10.8. The van der Waals surface area contributed by atoms with E-state index < -0.39 is 0 Å². The van der Waals surface area contributed by atoms with E-state index in [1.165, 1.54) is 16.3 Å². The molecule has 0 radical (unpaired) electrons. The number of hydrogen-bond acceptors (Lipinski definition) is 2. The number of rotatable bonds is 4. The minimum absolute atomic E-state index is 0.697. The van der Waals surface area contributed by atoms with Crippen molar-refractivity contribution in [2.24, 2.45) is 0 Å². The monoisotopic (exact) mass is 239 g/mol. The van der Waals surface area contributed by atoms with Crippen LogP contribution in [0.4, 0.5) is 0 Å². The summed E-state index contributed by atoms with van der Waals surface area (Å²) in [5.74, 6) is 6.80. The van der Waals surface area contributed by atoms with Gasteiger partial charge in [0.25, 0.3) is 0 Å². The molecule has 2 aromatic rings. The Labute approximate surface area is 108 Å². The van der Waals surface area contributed by atoms with Crippen LogP contribution in [-0.4, -0.2) is 13.7 Å². The number of methoxy groups -OCH3 is 1. The molecule has 0 saturated heterocycles. The fraction of sp³-hybridized carbons (Fsp3) is 0.250. The van der Waals surface area contributed by atoms with Gasteiger partial charge in [0.05, 0.1) is 13.7 Å². The maximum absolute atomic E-state index is 5.43. The van der Waals surface area contributed by atoms with Gasteiger partial charge in [-0.2, -0.15) is 0 Å². The molecule has 0 amide bonds. The Morgan fingerprint density at radius 1 is 1.17 bits per heavy atom. The van der Waals surface area contributed by atoms with E-state index in [9.17, 15) is 0 Å². The maximum atomic E-state index is 5.43. The third-order valence-corrected chi connectivity index (χ3v) is 2.91. The van der Waals surface area contributed by atoms with Crippen molar-refractivity contribution >= 4 is 10.8 Å². The Morgan fingerprint density at radius 2 is 2.00 bits per heavy atom. The number of ether oxygens (including phenoxy) is 1. The Hall–Kier alpha value is -1.98. The molecule has 0 bridgehead atoms. The van der Waals surface area contributed by atoms with Crippen molar-refractivity contribution < 1.29 is 4.74 Å². The van der Waals surface area contributed by atoms with Crippen molar-refractivity contribution in [3.63, 3.8) is 0 Å². The summed E-state index contributed by atoms with van der Waals surface area (Å²) in [6.07, 6.45) is 0. The molecule has 0 aromatic heterocycles. The summed E-state index contributed by atoms with van der Waals surface area (Å²) >= 11 is 0. The van der Waals surface area contributed by atoms with Gasteiger partial charge in [0.1, 0.15) is 5.75 Å². The van der Waals surface area contributed by atoms with Crippen molar-refractivity contribution in [1.29, 1.82) is 0 Å². The average molecular weight is 239 g/mol. The highest BCUT2D eigenvalue weighted by Gasteiger charge is 2.06. The highest BCUT2D eigenvalue weighted by molar-refractivity contribution is 5.87. The van der Waals surface area contributed by atoms with E-state index in [2.05, 4.69) is 47.5 Å². The smallest absolute Gasteiger partial charge is 0.123 e. The molecule has 1 N–H and O–H groups in total. The van der Waals surface area contributed by atoms with Crippen LogP contribution < -0.4 is 10.1 Å². The standard InChI is InChI=1S/C16H17NO/c1-3-4-11-17-12-15-14-8-6-5-7-13(14)9-10-16(15)18-2/h5-10,17H,11-12H2,1-2H3. The predicted octanol–water partition coefficient (Wildman–Crippen LogP) is 2.96. The highest BCUT2D eigenvalue weighted by atomic mass is 16.5. The Balaban J connectivity index is 2.34. The first-order valence-electron chi connectivity index (χ1n) is 6.01. The van der Waals surface area contributed by atoms with Crippen LogP contribution in [0.15, 0.2) is 36.4 Å². The van der Waals surface area contributed by atoms with Gasteiger partial charge in [-0.05, 0) is 23.8 Å². The second-order valence-electron chi connectivity index (χ2n) is 4.00. The fourth-order valence-electron chi connectivity index (χ4n) is 2.03. The number of benzene rings is 2. The van der Waals surface area contributed by atoms with Crippen LogP contribution in [0.1, 0.15) is 12.5 Å². The van der Waals surface area contributed by atoms with Crippen LogP contribution in [0.3, 0.4) is 0 Å². The Bertz CT molecular complexity index is 593. The largest absolute Gasteiger partial charge is 0.496 e. The summed E-state index contributed by atoms with van der Waals surface area (Å²) in [6.45, 7) is 3.31. The van der Waals surface area contributed by atoms with E-state index in [0.29, 0.717) is 6.54 Å². The first kappa shape index (κ1) is 12.5. The summed E-state index contributed by atoms with van der Waals surface area (Å²) in [5.41, 5.74) is 1.19. The molecule has 2 aromatic carbocycles. The van der Waals surface area contributed by atoms with Gasteiger partial charge in [-0.15, -0.1) is 5.92 Å². The van der Waals surface area contributed by atoms with Crippen LogP contribution in [0.5, 0.6) is 5.75 Å². The van der Waals surface area contributed by atoms with E-state index in [-0.39, 0.29) is 0 Å². The van der Waals surface area contributed by atoms with Gasteiger partial charge in [0.2, 0.25) is 0 Å². The summed E-state index contributed by atoms with van der Waals surface area (Å²) < 4.78 is 5.43. The van der Waals surface area contributed by atoms with Crippen molar-refractivity contribution in [3.8, 4) is 17.6 Å². The molecule has 2 heteroatoms. The summed E-state index contributed by atoms with van der Waals surface area (Å²) in [5, 5.41) is 5.78. The third kappa shape index (κ3) is 2.64.